The Balaban J connectivity index is 2.15. The molecule has 0 fully saturated rings. The van der Waals surface area contributed by atoms with Crippen LogP contribution in [0.5, 0.6) is 0 Å². The Morgan fingerprint density at radius 2 is 1.87 bits per heavy atom. The maximum Gasteiger partial charge on any atom is 0.102 e. The van der Waals surface area contributed by atoms with E-state index in [2.05, 4.69) is 135 Å². The highest BCUT2D eigenvalue weighted by Gasteiger charge is 2.52. The highest BCUT2D eigenvalue weighted by molar-refractivity contribution is 7.80. The Bertz CT molecular complexity index is 1130. The Morgan fingerprint density at radius 3 is 2.44 bits per heavy atom. The molecule has 0 aromatic rings. The first-order valence-corrected chi connectivity index (χ1v) is 18.6. The van der Waals surface area contributed by atoms with Crippen LogP contribution in [0, 0.1) is 34.5 Å². The summed E-state index contributed by atoms with van der Waals surface area (Å²) in [5, 5.41) is 3.68. The SMILES string of the molecule is C/C=C(\C)C(CC)CC1=NC2(C)C=C/C(=C/C(C)C(/C=C\CC(S)N/C(=N\C)C(C)(C)CC[C@@H](C)CC)CCC)C2(C)CN1C. The molecule has 7 atom stereocenters. The van der Waals surface area contributed by atoms with Crippen LogP contribution < -0.4 is 5.32 Å². The van der Waals surface area contributed by atoms with Crippen molar-refractivity contribution in [3.05, 3.63) is 47.6 Å². The van der Waals surface area contributed by atoms with Gasteiger partial charge in [0, 0.05) is 37.9 Å². The van der Waals surface area contributed by atoms with Crippen LogP contribution >= 0.6 is 12.6 Å². The summed E-state index contributed by atoms with van der Waals surface area (Å²) in [4.78, 5) is 12.5. The minimum Gasteiger partial charge on any atom is -0.362 e. The van der Waals surface area contributed by atoms with Gasteiger partial charge in [0.15, 0.2) is 0 Å². The van der Waals surface area contributed by atoms with E-state index in [0.29, 0.717) is 17.8 Å². The van der Waals surface area contributed by atoms with Crippen LogP contribution in [0.15, 0.2) is 57.6 Å². The second-order valence-corrected chi connectivity index (χ2v) is 15.9. The van der Waals surface area contributed by atoms with Crippen molar-refractivity contribution in [1.29, 1.82) is 0 Å². The number of rotatable bonds is 17. The average molecular weight is 639 g/mol. The minimum atomic E-state index is -0.204. The van der Waals surface area contributed by atoms with Crippen molar-refractivity contribution in [3.63, 3.8) is 0 Å². The van der Waals surface area contributed by atoms with Gasteiger partial charge in [0.1, 0.15) is 11.7 Å². The van der Waals surface area contributed by atoms with Crippen LogP contribution in [0.25, 0.3) is 0 Å². The Morgan fingerprint density at radius 1 is 1.18 bits per heavy atom. The third-order valence-electron chi connectivity index (χ3n) is 11.3. The molecule has 4 nitrogen and oxygen atoms in total. The van der Waals surface area contributed by atoms with Gasteiger partial charge in [-0.3, -0.25) is 9.98 Å². The maximum absolute atomic E-state index is 5.46. The third-order valence-corrected chi connectivity index (χ3v) is 11.7. The van der Waals surface area contributed by atoms with Crippen molar-refractivity contribution in [1.82, 2.24) is 10.2 Å². The van der Waals surface area contributed by atoms with Gasteiger partial charge >= 0.3 is 0 Å². The van der Waals surface area contributed by atoms with Crippen LogP contribution in [0.3, 0.4) is 0 Å². The van der Waals surface area contributed by atoms with E-state index in [9.17, 15) is 0 Å². The van der Waals surface area contributed by atoms with E-state index in [1.807, 2.05) is 7.05 Å². The Hall–Kier alpha value is -1.75. The van der Waals surface area contributed by atoms with Crippen molar-refractivity contribution in [2.45, 2.75) is 138 Å². The molecule has 0 radical (unpaired) electrons. The van der Waals surface area contributed by atoms with Gasteiger partial charge in [-0.05, 0) is 82.1 Å². The highest BCUT2D eigenvalue weighted by atomic mass is 32.1. The van der Waals surface area contributed by atoms with Crippen molar-refractivity contribution >= 4 is 24.3 Å². The van der Waals surface area contributed by atoms with Gasteiger partial charge in [-0.25, -0.2) is 0 Å². The Labute approximate surface area is 284 Å². The maximum atomic E-state index is 5.46. The van der Waals surface area contributed by atoms with E-state index >= 15 is 0 Å². The summed E-state index contributed by atoms with van der Waals surface area (Å²) in [5.74, 6) is 4.55. The summed E-state index contributed by atoms with van der Waals surface area (Å²) in [6.45, 7) is 26.4. The fourth-order valence-corrected chi connectivity index (χ4v) is 7.38. The molecule has 2 aliphatic rings. The molecule has 1 aliphatic carbocycles. The van der Waals surface area contributed by atoms with Crippen molar-refractivity contribution in [2.24, 2.45) is 44.5 Å². The average Bonchev–Trinajstić information content (AvgIpc) is 3.24. The van der Waals surface area contributed by atoms with E-state index in [4.69, 9.17) is 17.6 Å². The number of hydrogen-bond acceptors (Lipinski definition) is 4. The van der Waals surface area contributed by atoms with Crippen molar-refractivity contribution in [2.75, 3.05) is 20.6 Å². The number of amidine groups is 2. The largest absolute Gasteiger partial charge is 0.362 e. The van der Waals surface area contributed by atoms with Crippen LogP contribution in [0.2, 0.25) is 0 Å². The summed E-state index contributed by atoms with van der Waals surface area (Å²) in [6, 6.07) is 0. The molecule has 1 aliphatic heterocycles. The molecule has 0 saturated heterocycles. The number of allylic oxidation sites excluding steroid dienone is 5. The predicted octanol–water partition coefficient (Wildman–Crippen LogP) is 10.7. The number of thiol groups is 1. The molecule has 0 amide bonds. The highest BCUT2D eigenvalue weighted by Crippen LogP contribution is 2.51. The lowest BCUT2D eigenvalue weighted by Gasteiger charge is -2.48. The summed E-state index contributed by atoms with van der Waals surface area (Å²) < 4.78 is 0. The molecule has 0 aromatic heterocycles. The van der Waals surface area contributed by atoms with E-state index in [1.165, 1.54) is 42.7 Å². The molecule has 0 aromatic carbocycles. The monoisotopic (exact) mass is 639 g/mol. The normalized spacial score (nSPS) is 27.0. The lowest BCUT2D eigenvalue weighted by molar-refractivity contribution is 0.195. The molecule has 256 valence electrons. The fourth-order valence-electron chi connectivity index (χ4n) is 7.13. The van der Waals surface area contributed by atoms with Gasteiger partial charge in [-0.15, -0.1) is 0 Å². The molecule has 0 bridgehead atoms. The van der Waals surface area contributed by atoms with E-state index in [1.54, 1.807) is 0 Å². The molecule has 0 spiro atoms. The lowest BCUT2D eigenvalue weighted by atomic mass is 9.69. The molecule has 6 unspecified atom stereocenters. The van der Waals surface area contributed by atoms with Gasteiger partial charge in [-0.2, -0.15) is 12.6 Å². The van der Waals surface area contributed by atoms with Gasteiger partial charge in [0.05, 0.1) is 10.9 Å². The van der Waals surface area contributed by atoms with Crippen molar-refractivity contribution in [3.8, 4) is 0 Å². The van der Waals surface area contributed by atoms with Gasteiger partial charge in [0.25, 0.3) is 0 Å². The first kappa shape index (κ1) is 39.4. The van der Waals surface area contributed by atoms with E-state index in [-0.39, 0.29) is 21.7 Å². The second-order valence-electron chi connectivity index (χ2n) is 15.3. The van der Waals surface area contributed by atoms with Gasteiger partial charge < -0.3 is 10.2 Å². The van der Waals surface area contributed by atoms with Gasteiger partial charge in [-0.1, -0.05) is 110 Å². The zero-order chi connectivity index (χ0) is 34.0. The standard InChI is InChI=1S/C40H70N4S/c1-14-19-33(20-18-21-36(45)42-37(41-12)38(8,9)24-22-29(5)15-2)31(7)26-34-23-25-40(11)39(34,10)28-44(13)35(43-40)27-32(17-4)30(6)16-3/h16,18,20,23,25-26,29,31-33,36,45H,14-15,17,19,21-22,24,27-28H2,1-13H3,(H,41,42)/b20-18-,30-16+,34-26-/t29-,31?,32?,33?,36?,39?,40?/m0/s1. The third kappa shape index (κ3) is 10.1. The first-order valence-electron chi connectivity index (χ1n) is 18.0. The molecular formula is C40H70N4S. The van der Waals surface area contributed by atoms with E-state index in [0.717, 1.165) is 44.0 Å². The summed E-state index contributed by atoms with van der Waals surface area (Å²) >= 11 is 4.93. The Kier molecular flexibility index (Phi) is 15.3. The fraction of sp³-hybridized carbons (Fsp3) is 0.750. The predicted molar refractivity (Wildman–Crippen MR) is 205 cm³/mol. The molecule has 45 heavy (non-hydrogen) atoms. The smallest absolute Gasteiger partial charge is 0.102 e. The number of nitrogens with zero attached hydrogens (tertiary/aromatic N) is 3. The van der Waals surface area contributed by atoms with Crippen LogP contribution in [-0.2, 0) is 0 Å². The van der Waals surface area contributed by atoms with Crippen LogP contribution in [0.1, 0.15) is 128 Å². The zero-order valence-corrected chi connectivity index (χ0v) is 32.4. The molecule has 5 heteroatoms. The van der Waals surface area contributed by atoms with E-state index < -0.39 is 0 Å². The summed E-state index contributed by atoms with van der Waals surface area (Å²) in [5.41, 5.74) is 2.70. The quantitative estimate of drug-likeness (QED) is 0.0547. The number of hydrogen-bond donors (Lipinski definition) is 2. The van der Waals surface area contributed by atoms with Gasteiger partial charge in [0.2, 0.25) is 0 Å². The van der Waals surface area contributed by atoms with Crippen LogP contribution in [0.4, 0.5) is 0 Å². The second kappa shape index (κ2) is 17.4. The number of fused-ring (bicyclic) bond motifs is 1. The van der Waals surface area contributed by atoms with Crippen molar-refractivity contribution < 1.29 is 0 Å². The summed E-state index contributed by atoms with van der Waals surface area (Å²) in [6.07, 6.45) is 23.3. The zero-order valence-electron chi connectivity index (χ0n) is 31.5. The topological polar surface area (TPSA) is 40.0 Å². The molecule has 1 N–H and O–H groups in total. The van der Waals surface area contributed by atoms with Crippen LogP contribution in [-0.4, -0.2) is 48.1 Å². The lowest BCUT2D eigenvalue weighted by Crippen LogP contribution is -2.53. The number of nitrogens with one attached hydrogen (secondary N) is 1. The minimum absolute atomic E-state index is 0.0227. The molecular weight excluding hydrogens is 569 g/mol. The summed E-state index contributed by atoms with van der Waals surface area (Å²) in [7, 11) is 4.15. The number of aliphatic imine (C=N–C) groups is 2. The first-order chi connectivity index (χ1) is 21.1. The molecule has 1 heterocycles. The molecule has 0 saturated carbocycles. The molecule has 2 rings (SSSR count).